The summed E-state index contributed by atoms with van der Waals surface area (Å²) in [6, 6.07) is 6.86. The summed E-state index contributed by atoms with van der Waals surface area (Å²) in [5.41, 5.74) is -0.0148. The molecule has 146 valence electrons. The Morgan fingerprint density at radius 2 is 1.74 bits per heavy atom. The van der Waals surface area contributed by atoms with Gasteiger partial charge in [-0.2, -0.15) is 0 Å². The number of hydrogen-bond donors (Lipinski definition) is 1. The zero-order valence-electron chi connectivity index (χ0n) is 15.0. The van der Waals surface area contributed by atoms with Crippen molar-refractivity contribution in [1.29, 1.82) is 0 Å². The Balaban J connectivity index is 2.56. The number of hydrogen-bond acceptors (Lipinski definition) is 5. The van der Waals surface area contributed by atoms with Crippen LogP contribution in [0.15, 0.2) is 34.8 Å². The number of rotatable bonds is 6. The van der Waals surface area contributed by atoms with E-state index in [2.05, 4.69) is 21.2 Å². The summed E-state index contributed by atoms with van der Waals surface area (Å²) in [7, 11) is 0.404. The highest BCUT2D eigenvalue weighted by atomic mass is 79.9. The van der Waals surface area contributed by atoms with Gasteiger partial charge in [0.15, 0.2) is 11.5 Å². The van der Waals surface area contributed by atoms with Crippen LogP contribution in [0.4, 0.5) is 15.8 Å². The number of halogens is 2. The molecule has 0 unspecified atom stereocenters. The smallest absolute Gasteiger partial charge is 0.258 e. The lowest BCUT2D eigenvalue weighted by Crippen LogP contribution is -2.28. The highest BCUT2D eigenvalue weighted by Gasteiger charge is 2.24. The van der Waals surface area contributed by atoms with Crippen LogP contribution in [0.25, 0.3) is 0 Å². The van der Waals surface area contributed by atoms with E-state index < -0.39 is 21.7 Å². The second-order valence-electron chi connectivity index (χ2n) is 5.53. The summed E-state index contributed by atoms with van der Waals surface area (Å²) in [5.74, 6) is -0.877. The number of sulfonamides is 1. The number of nitrogens with one attached hydrogen (secondary N) is 1. The molecule has 0 aliphatic heterocycles. The molecule has 0 spiro atoms. The van der Waals surface area contributed by atoms with Crippen molar-refractivity contribution in [1.82, 2.24) is 0 Å². The van der Waals surface area contributed by atoms with Crippen molar-refractivity contribution in [2.45, 2.75) is 0 Å². The highest BCUT2D eigenvalue weighted by molar-refractivity contribution is 9.10. The predicted octanol–water partition coefficient (Wildman–Crippen LogP) is 3.25. The number of benzene rings is 2. The van der Waals surface area contributed by atoms with Gasteiger partial charge in [-0.3, -0.25) is 9.10 Å². The monoisotopic (exact) mass is 460 g/mol. The first-order valence-electron chi connectivity index (χ1n) is 7.54. The van der Waals surface area contributed by atoms with Crippen molar-refractivity contribution in [3.63, 3.8) is 0 Å². The van der Waals surface area contributed by atoms with Crippen molar-refractivity contribution in [2.75, 3.05) is 37.1 Å². The van der Waals surface area contributed by atoms with Crippen molar-refractivity contribution >= 4 is 43.2 Å². The van der Waals surface area contributed by atoms with Gasteiger partial charge in [0, 0.05) is 17.6 Å². The average Bonchev–Trinajstić information content (AvgIpc) is 2.61. The first kappa shape index (κ1) is 21.0. The maximum atomic E-state index is 14.0. The molecule has 0 saturated heterocycles. The van der Waals surface area contributed by atoms with E-state index >= 15 is 0 Å². The topological polar surface area (TPSA) is 84.9 Å². The molecule has 0 aliphatic carbocycles. The van der Waals surface area contributed by atoms with E-state index in [1.807, 2.05) is 0 Å². The summed E-state index contributed by atoms with van der Waals surface area (Å²) in [5, 5.41) is 2.44. The Hall–Kier alpha value is -2.33. The van der Waals surface area contributed by atoms with Crippen LogP contribution >= 0.6 is 15.9 Å². The first-order valence-corrected chi connectivity index (χ1v) is 10.2. The summed E-state index contributed by atoms with van der Waals surface area (Å²) < 4.78 is 49.8. The van der Waals surface area contributed by atoms with Gasteiger partial charge in [-0.25, -0.2) is 12.8 Å². The molecular formula is C17H18BrFN2O5S. The van der Waals surface area contributed by atoms with Gasteiger partial charge >= 0.3 is 0 Å². The summed E-state index contributed by atoms with van der Waals surface area (Å²) in [6.07, 6.45) is 1.000. The van der Waals surface area contributed by atoms with Crippen LogP contribution in [0.1, 0.15) is 10.4 Å². The SMILES string of the molecule is COc1cc(C(=O)Nc2ccc(Br)cc2F)c(N(C)S(C)(=O)=O)cc1OC. The molecule has 1 amide bonds. The quantitative estimate of drug-likeness (QED) is 0.714. The van der Waals surface area contributed by atoms with Gasteiger partial charge in [0.1, 0.15) is 5.82 Å². The minimum absolute atomic E-state index is 0.0251. The third-order valence-corrected chi connectivity index (χ3v) is 5.45. The van der Waals surface area contributed by atoms with Crippen LogP contribution in [0.2, 0.25) is 0 Å². The molecule has 2 aromatic rings. The van der Waals surface area contributed by atoms with Crippen LogP contribution in [-0.4, -0.2) is 41.8 Å². The zero-order chi connectivity index (χ0) is 20.4. The van der Waals surface area contributed by atoms with Gasteiger partial charge in [-0.1, -0.05) is 15.9 Å². The molecule has 2 rings (SSSR count). The molecule has 0 heterocycles. The fourth-order valence-corrected chi connectivity index (χ4v) is 3.11. The van der Waals surface area contributed by atoms with Crippen molar-refractivity contribution in [2.24, 2.45) is 0 Å². The summed E-state index contributed by atoms with van der Waals surface area (Å²) in [4.78, 5) is 12.8. The van der Waals surface area contributed by atoms with Gasteiger partial charge in [-0.15, -0.1) is 0 Å². The van der Waals surface area contributed by atoms with E-state index in [1.165, 1.54) is 45.5 Å². The van der Waals surface area contributed by atoms with Gasteiger partial charge in [0.05, 0.1) is 37.4 Å². The third-order valence-electron chi connectivity index (χ3n) is 3.76. The van der Waals surface area contributed by atoms with E-state index in [0.717, 1.165) is 10.6 Å². The van der Waals surface area contributed by atoms with Gasteiger partial charge in [-0.05, 0) is 24.3 Å². The molecule has 0 fully saturated rings. The summed E-state index contributed by atoms with van der Waals surface area (Å²) in [6.45, 7) is 0. The predicted molar refractivity (Wildman–Crippen MR) is 105 cm³/mol. The molecule has 0 aromatic heterocycles. The second-order valence-corrected chi connectivity index (χ2v) is 8.46. The van der Waals surface area contributed by atoms with E-state index in [0.29, 0.717) is 4.47 Å². The number of ether oxygens (including phenoxy) is 2. The molecule has 0 bridgehead atoms. The lowest BCUT2D eigenvalue weighted by molar-refractivity contribution is 0.102. The van der Waals surface area contributed by atoms with Crippen molar-refractivity contribution in [3.05, 3.63) is 46.2 Å². The van der Waals surface area contributed by atoms with Crippen LogP contribution in [0, 0.1) is 5.82 Å². The molecule has 7 nitrogen and oxygen atoms in total. The lowest BCUT2D eigenvalue weighted by atomic mass is 10.1. The fourth-order valence-electron chi connectivity index (χ4n) is 2.27. The average molecular weight is 461 g/mol. The van der Waals surface area contributed by atoms with Gasteiger partial charge in [0.25, 0.3) is 5.91 Å². The van der Waals surface area contributed by atoms with Crippen molar-refractivity contribution in [3.8, 4) is 11.5 Å². The minimum atomic E-state index is -3.67. The standard InChI is InChI=1S/C17H18BrFN2O5S/c1-21(27(4,23)24)14-9-16(26-3)15(25-2)8-11(14)17(22)20-13-6-5-10(18)7-12(13)19/h5-9H,1-4H3,(H,20,22). The molecule has 27 heavy (non-hydrogen) atoms. The van der Waals surface area contributed by atoms with E-state index in [-0.39, 0.29) is 28.4 Å². The third kappa shape index (κ3) is 4.69. The van der Waals surface area contributed by atoms with Crippen LogP contribution in [0.3, 0.4) is 0 Å². The Labute approximate surface area is 165 Å². The number of nitrogens with zero attached hydrogens (tertiary/aromatic N) is 1. The Bertz CT molecular complexity index is 982. The maximum Gasteiger partial charge on any atom is 0.258 e. The highest BCUT2D eigenvalue weighted by Crippen LogP contribution is 2.36. The van der Waals surface area contributed by atoms with Gasteiger partial charge < -0.3 is 14.8 Å². The molecule has 0 aliphatic rings. The molecule has 10 heteroatoms. The van der Waals surface area contributed by atoms with Gasteiger partial charge in [0.2, 0.25) is 10.0 Å². The Morgan fingerprint density at radius 3 is 2.26 bits per heavy atom. The molecular weight excluding hydrogens is 443 g/mol. The van der Waals surface area contributed by atoms with Crippen LogP contribution in [0.5, 0.6) is 11.5 Å². The second kappa shape index (κ2) is 8.13. The van der Waals surface area contributed by atoms with E-state index in [4.69, 9.17) is 9.47 Å². The molecule has 2 aromatic carbocycles. The molecule has 1 N–H and O–H groups in total. The Morgan fingerprint density at radius 1 is 1.15 bits per heavy atom. The number of anilines is 2. The molecule has 0 radical (unpaired) electrons. The first-order chi connectivity index (χ1) is 12.6. The van der Waals surface area contributed by atoms with E-state index in [9.17, 15) is 17.6 Å². The number of carbonyl (C=O) groups is 1. The minimum Gasteiger partial charge on any atom is -0.493 e. The number of methoxy groups -OCH3 is 2. The normalized spacial score (nSPS) is 11.0. The Kier molecular flexibility index (Phi) is 6.32. The molecule has 0 atom stereocenters. The molecule has 0 saturated carbocycles. The largest absolute Gasteiger partial charge is 0.493 e. The van der Waals surface area contributed by atoms with Crippen LogP contribution < -0.4 is 19.1 Å². The number of carbonyl (C=O) groups excluding carboxylic acids is 1. The maximum absolute atomic E-state index is 14.0. The van der Waals surface area contributed by atoms with Crippen molar-refractivity contribution < 1.29 is 27.1 Å². The lowest BCUT2D eigenvalue weighted by Gasteiger charge is -2.22. The fraction of sp³-hybridized carbons (Fsp3) is 0.235. The summed E-state index contributed by atoms with van der Waals surface area (Å²) >= 11 is 3.14. The van der Waals surface area contributed by atoms with E-state index in [1.54, 1.807) is 6.07 Å². The number of amides is 1. The zero-order valence-corrected chi connectivity index (χ0v) is 17.4. The van der Waals surface area contributed by atoms with Crippen LogP contribution in [-0.2, 0) is 10.0 Å².